The Hall–Kier alpha value is -1.56. The van der Waals surface area contributed by atoms with Crippen LogP contribution in [0, 0.1) is 5.92 Å². The molecule has 0 aliphatic rings. The number of nitrogens with zero attached hydrogens (tertiary/aromatic N) is 1. The average Bonchev–Trinajstić information content (AvgIpc) is 2.40. The highest BCUT2D eigenvalue weighted by atomic mass is 79.9. The van der Waals surface area contributed by atoms with E-state index in [1.165, 1.54) is 4.90 Å². The van der Waals surface area contributed by atoms with Crippen LogP contribution in [0.1, 0.15) is 31.1 Å². The van der Waals surface area contributed by atoms with Crippen molar-refractivity contribution >= 4 is 33.5 Å². The Labute approximate surface area is 133 Å². The maximum atomic E-state index is 12.5. The van der Waals surface area contributed by atoms with Gasteiger partial charge in [0.2, 0.25) is 0 Å². The lowest BCUT2D eigenvalue weighted by Gasteiger charge is -2.24. The van der Waals surface area contributed by atoms with Gasteiger partial charge in [-0.1, -0.05) is 13.8 Å². The first kappa shape index (κ1) is 17.5. The normalized spacial score (nSPS) is 10.5. The quantitative estimate of drug-likeness (QED) is 0.628. The second-order valence-electron chi connectivity index (χ2n) is 5.12. The van der Waals surface area contributed by atoms with Gasteiger partial charge in [0, 0.05) is 22.3 Å². The molecule has 116 valence electrons. The number of benzene rings is 1. The molecule has 0 aliphatic carbocycles. The largest absolute Gasteiger partial charge is 0.465 e. The maximum Gasteiger partial charge on any atom is 0.325 e. The highest BCUT2D eigenvalue weighted by Crippen LogP contribution is 2.21. The van der Waals surface area contributed by atoms with Gasteiger partial charge in [0.25, 0.3) is 5.91 Å². The number of hydrogen-bond donors (Lipinski definition) is 1. The second kappa shape index (κ2) is 8.02. The van der Waals surface area contributed by atoms with Crippen LogP contribution in [0.25, 0.3) is 0 Å². The van der Waals surface area contributed by atoms with Crippen molar-refractivity contribution in [2.24, 2.45) is 5.92 Å². The third-order valence-corrected chi connectivity index (χ3v) is 3.43. The molecule has 0 saturated carbocycles. The minimum absolute atomic E-state index is 0.0488. The number of amides is 1. The molecular weight excluding hydrogens is 336 g/mol. The van der Waals surface area contributed by atoms with Crippen molar-refractivity contribution in [3.8, 4) is 0 Å². The van der Waals surface area contributed by atoms with Crippen molar-refractivity contribution in [2.45, 2.75) is 20.8 Å². The summed E-state index contributed by atoms with van der Waals surface area (Å²) in [6.45, 7) is 6.46. The van der Waals surface area contributed by atoms with E-state index in [1.807, 2.05) is 13.8 Å². The highest BCUT2D eigenvalue weighted by Gasteiger charge is 2.21. The smallest absolute Gasteiger partial charge is 0.325 e. The van der Waals surface area contributed by atoms with Crippen LogP contribution < -0.4 is 5.73 Å². The summed E-state index contributed by atoms with van der Waals surface area (Å²) in [5.41, 5.74) is 6.77. The summed E-state index contributed by atoms with van der Waals surface area (Å²) in [5.74, 6) is -0.362. The summed E-state index contributed by atoms with van der Waals surface area (Å²) >= 11 is 3.30. The average molecular weight is 357 g/mol. The number of nitrogen functional groups attached to an aromatic ring is 1. The van der Waals surface area contributed by atoms with Crippen molar-refractivity contribution in [1.82, 2.24) is 4.90 Å². The van der Waals surface area contributed by atoms with Crippen LogP contribution >= 0.6 is 15.9 Å². The van der Waals surface area contributed by atoms with E-state index in [0.29, 0.717) is 28.9 Å². The molecule has 0 spiro atoms. The number of anilines is 1. The van der Waals surface area contributed by atoms with Crippen molar-refractivity contribution in [2.75, 3.05) is 25.4 Å². The van der Waals surface area contributed by atoms with Gasteiger partial charge in [0.05, 0.1) is 6.61 Å². The van der Waals surface area contributed by atoms with Gasteiger partial charge in [-0.15, -0.1) is 0 Å². The summed E-state index contributed by atoms with van der Waals surface area (Å²) in [7, 11) is 0. The van der Waals surface area contributed by atoms with Crippen LogP contribution in [0.15, 0.2) is 22.7 Å². The summed E-state index contributed by atoms with van der Waals surface area (Å²) in [4.78, 5) is 25.7. The summed E-state index contributed by atoms with van der Waals surface area (Å²) in [5, 5.41) is 0. The van der Waals surface area contributed by atoms with Crippen LogP contribution in [0.2, 0.25) is 0 Å². The van der Waals surface area contributed by atoms with Crippen LogP contribution in [-0.2, 0) is 9.53 Å². The van der Waals surface area contributed by atoms with E-state index in [2.05, 4.69) is 15.9 Å². The minimum atomic E-state index is -0.402. The number of carbonyl (C=O) groups is 2. The number of hydrogen-bond acceptors (Lipinski definition) is 4. The molecule has 0 bridgehead atoms. The first-order valence-corrected chi connectivity index (χ1v) is 7.64. The van der Waals surface area contributed by atoms with Crippen molar-refractivity contribution in [3.05, 3.63) is 28.2 Å². The molecule has 0 aliphatic heterocycles. The van der Waals surface area contributed by atoms with Crippen LogP contribution in [0.4, 0.5) is 5.69 Å². The summed E-state index contributed by atoms with van der Waals surface area (Å²) < 4.78 is 5.58. The zero-order valence-electron chi connectivity index (χ0n) is 12.6. The first-order valence-electron chi connectivity index (χ1n) is 6.85. The Morgan fingerprint density at radius 2 is 2.05 bits per heavy atom. The lowest BCUT2D eigenvalue weighted by Crippen LogP contribution is -2.39. The van der Waals surface area contributed by atoms with E-state index < -0.39 is 5.97 Å². The molecule has 0 saturated heterocycles. The number of rotatable bonds is 6. The number of halogens is 1. The summed E-state index contributed by atoms with van der Waals surface area (Å²) in [6, 6.07) is 4.98. The lowest BCUT2D eigenvalue weighted by molar-refractivity contribution is -0.143. The number of nitrogens with two attached hydrogens (primary N) is 1. The Morgan fingerprint density at radius 3 is 2.57 bits per heavy atom. The fraction of sp³-hybridized carbons (Fsp3) is 0.467. The molecular formula is C15H21BrN2O3. The van der Waals surface area contributed by atoms with Crippen molar-refractivity contribution in [3.63, 3.8) is 0 Å². The molecule has 6 heteroatoms. The molecule has 0 aromatic heterocycles. The van der Waals surface area contributed by atoms with Gasteiger partial charge >= 0.3 is 5.97 Å². The van der Waals surface area contributed by atoms with Crippen LogP contribution in [-0.4, -0.2) is 36.5 Å². The van der Waals surface area contributed by atoms with E-state index in [-0.39, 0.29) is 18.4 Å². The number of esters is 1. The second-order valence-corrected chi connectivity index (χ2v) is 5.98. The molecule has 0 unspecified atom stereocenters. The van der Waals surface area contributed by atoms with E-state index in [1.54, 1.807) is 25.1 Å². The Bertz CT molecular complexity index is 518. The Morgan fingerprint density at radius 1 is 1.38 bits per heavy atom. The molecule has 0 radical (unpaired) electrons. The molecule has 2 N–H and O–H groups in total. The first-order chi connectivity index (χ1) is 9.85. The molecule has 5 nitrogen and oxygen atoms in total. The third-order valence-electron chi connectivity index (χ3n) is 2.75. The van der Waals surface area contributed by atoms with E-state index in [9.17, 15) is 9.59 Å². The molecule has 0 atom stereocenters. The van der Waals surface area contributed by atoms with Gasteiger partial charge in [-0.2, -0.15) is 0 Å². The molecule has 1 amide bonds. The van der Waals surface area contributed by atoms with Gasteiger partial charge in [-0.25, -0.2) is 0 Å². The van der Waals surface area contributed by atoms with E-state index >= 15 is 0 Å². The van der Waals surface area contributed by atoms with Gasteiger partial charge < -0.3 is 15.4 Å². The van der Waals surface area contributed by atoms with E-state index in [4.69, 9.17) is 10.5 Å². The number of carbonyl (C=O) groups excluding carboxylic acids is 2. The van der Waals surface area contributed by atoms with Crippen LogP contribution in [0.5, 0.6) is 0 Å². The third kappa shape index (κ3) is 5.38. The zero-order chi connectivity index (χ0) is 16.0. The molecule has 1 aromatic carbocycles. The van der Waals surface area contributed by atoms with Crippen molar-refractivity contribution < 1.29 is 14.3 Å². The Balaban J connectivity index is 2.92. The van der Waals surface area contributed by atoms with Gasteiger partial charge in [0.1, 0.15) is 6.54 Å². The van der Waals surface area contributed by atoms with Gasteiger partial charge in [0.15, 0.2) is 0 Å². The van der Waals surface area contributed by atoms with Gasteiger partial charge in [-0.3, -0.25) is 9.59 Å². The zero-order valence-corrected chi connectivity index (χ0v) is 14.1. The fourth-order valence-corrected chi connectivity index (χ4v) is 2.24. The molecule has 0 heterocycles. The molecule has 1 rings (SSSR count). The lowest BCUT2D eigenvalue weighted by atomic mass is 10.1. The topological polar surface area (TPSA) is 72.6 Å². The minimum Gasteiger partial charge on any atom is -0.465 e. The van der Waals surface area contributed by atoms with Crippen molar-refractivity contribution in [1.29, 1.82) is 0 Å². The predicted molar refractivity (Wildman–Crippen MR) is 85.9 cm³/mol. The standard InChI is InChI=1S/C15H21BrN2O3/c1-4-21-14(19)9-18(8-10(2)3)15(20)11-5-6-13(17)12(16)7-11/h5-7,10H,4,8-9,17H2,1-3H3. The molecule has 1 aromatic rings. The monoisotopic (exact) mass is 356 g/mol. The SMILES string of the molecule is CCOC(=O)CN(CC(C)C)C(=O)c1ccc(N)c(Br)c1. The molecule has 21 heavy (non-hydrogen) atoms. The summed E-state index contributed by atoms with van der Waals surface area (Å²) in [6.07, 6.45) is 0. The van der Waals surface area contributed by atoms with Crippen LogP contribution in [0.3, 0.4) is 0 Å². The maximum absolute atomic E-state index is 12.5. The van der Waals surface area contributed by atoms with E-state index in [0.717, 1.165) is 0 Å². The number of ether oxygens (including phenoxy) is 1. The van der Waals surface area contributed by atoms with Gasteiger partial charge in [-0.05, 0) is 47.0 Å². The highest BCUT2D eigenvalue weighted by molar-refractivity contribution is 9.10. The fourth-order valence-electron chi connectivity index (χ4n) is 1.87. The Kier molecular flexibility index (Phi) is 6.68. The molecule has 0 fully saturated rings. The predicted octanol–water partition coefficient (Wildman–Crippen LogP) is 2.69.